The molecule has 1 N–H and O–H groups in total. The minimum Gasteiger partial charge on any atom is -0.454 e. The van der Waals surface area contributed by atoms with Gasteiger partial charge < -0.3 is 19.5 Å². The van der Waals surface area contributed by atoms with Crippen LogP contribution in [0.5, 0.6) is 11.5 Å². The minimum atomic E-state index is -0.190. The lowest BCUT2D eigenvalue weighted by atomic mass is 10.2. The Kier molecular flexibility index (Phi) is 5.19. The smallest absolute Gasteiger partial charge is 0.272 e. The summed E-state index contributed by atoms with van der Waals surface area (Å²) in [5.74, 6) is 1.66. The number of benzene rings is 1. The number of ether oxygens (including phenoxy) is 3. The Labute approximate surface area is 195 Å². The summed E-state index contributed by atoms with van der Waals surface area (Å²) >= 11 is 2.65. The van der Waals surface area contributed by atoms with E-state index in [1.54, 1.807) is 22.8 Å². The van der Waals surface area contributed by atoms with Crippen molar-refractivity contribution in [3.05, 3.63) is 40.0 Å². The minimum absolute atomic E-state index is 0.0100. The van der Waals surface area contributed by atoms with Gasteiger partial charge in [-0.25, -0.2) is 0 Å². The highest BCUT2D eigenvalue weighted by atomic mass is 32.2. The van der Waals surface area contributed by atoms with Crippen molar-refractivity contribution in [3.63, 3.8) is 0 Å². The van der Waals surface area contributed by atoms with Crippen LogP contribution in [-0.4, -0.2) is 50.3 Å². The third-order valence-electron chi connectivity index (χ3n) is 5.58. The van der Waals surface area contributed by atoms with Crippen LogP contribution in [0.3, 0.4) is 0 Å². The molecule has 0 saturated carbocycles. The predicted octanol–water partition coefficient (Wildman–Crippen LogP) is 2.74. The molecule has 12 heteroatoms. The average Bonchev–Trinajstić information content (AvgIpc) is 3.60. The summed E-state index contributed by atoms with van der Waals surface area (Å²) in [4.78, 5) is 25.7. The van der Waals surface area contributed by atoms with Crippen LogP contribution in [0.1, 0.15) is 12.8 Å². The summed E-state index contributed by atoms with van der Waals surface area (Å²) in [5, 5.41) is 13.9. The van der Waals surface area contributed by atoms with Crippen LogP contribution in [0, 0.1) is 0 Å². The second-order valence-electron chi connectivity index (χ2n) is 7.71. The van der Waals surface area contributed by atoms with Crippen molar-refractivity contribution in [2.45, 2.75) is 30.6 Å². The molecule has 0 spiro atoms. The molecule has 0 bridgehead atoms. The lowest BCUT2D eigenvalue weighted by molar-refractivity contribution is -0.113. The second kappa shape index (κ2) is 8.36. The van der Waals surface area contributed by atoms with E-state index in [1.165, 1.54) is 23.1 Å². The first-order valence-electron chi connectivity index (χ1n) is 10.5. The molecule has 1 amide bonds. The van der Waals surface area contributed by atoms with E-state index in [0.717, 1.165) is 18.4 Å². The van der Waals surface area contributed by atoms with E-state index in [9.17, 15) is 9.59 Å². The van der Waals surface area contributed by atoms with Crippen LogP contribution in [0.2, 0.25) is 0 Å². The standard InChI is InChI=1S/C21H19N5O5S2/c27-17(22-12-3-4-15-16(8-12)31-11-30-15)10-33-21-24-23-20-25(9-13-2-1-6-29-13)19(28)18-14(26(20)21)5-7-32-18/h3-5,7-8,13H,1-2,6,9-11H2,(H,22,27). The van der Waals surface area contributed by atoms with Crippen LogP contribution in [0.4, 0.5) is 5.69 Å². The van der Waals surface area contributed by atoms with E-state index in [4.69, 9.17) is 14.2 Å². The summed E-state index contributed by atoms with van der Waals surface area (Å²) < 4.78 is 20.5. The van der Waals surface area contributed by atoms with Crippen molar-refractivity contribution < 1.29 is 19.0 Å². The van der Waals surface area contributed by atoms with Gasteiger partial charge in [0.2, 0.25) is 18.5 Å². The number of aromatic nitrogens is 4. The van der Waals surface area contributed by atoms with Crippen molar-refractivity contribution in [2.24, 2.45) is 0 Å². The van der Waals surface area contributed by atoms with Crippen molar-refractivity contribution in [1.29, 1.82) is 0 Å². The number of hydrogen-bond donors (Lipinski definition) is 1. The van der Waals surface area contributed by atoms with E-state index in [2.05, 4.69) is 15.5 Å². The highest BCUT2D eigenvalue weighted by Crippen LogP contribution is 2.34. The maximum Gasteiger partial charge on any atom is 0.272 e. The van der Waals surface area contributed by atoms with Gasteiger partial charge in [-0.05, 0) is 36.4 Å². The van der Waals surface area contributed by atoms with Gasteiger partial charge in [0, 0.05) is 18.4 Å². The molecule has 1 unspecified atom stereocenters. The third-order valence-corrected chi connectivity index (χ3v) is 7.40. The normalized spacial score (nSPS) is 17.3. The Morgan fingerprint density at radius 3 is 3.03 bits per heavy atom. The number of anilines is 1. The summed E-state index contributed by atoms with van der Waals surface area (Å²) in [6, 6.07) is 7.14. The summed E-state index contributed by atoms with van der Waals surface area (Å²) in [6.45, 7) is 1.32. The molecule has 0 aliphatic carbocycles. The molecule has 170 valence electrons. The molecule has 1 fully saturated rings. The van der Waals surface area contributed by atoms with Crippen molar-refractivity contribution in [2.75, 3.05) is 24.5 Å². The number of nitrogens with zero attached hydrogens (tertiary/aromatic N) is 4. The van der Waals surface area contributed by atoms with E-state index >= 15 is 0 Å². The lowest BCUT2D eigenvalue weighted by Gasteiger charge is -2.13. The zero-order valence-corrected chi connectivity index (χ0v) is 19.0. The van der Waals surface area contributed by atoms with E-state index in [1.807, 2.05) is 15.8 Å². The molecule has 5 heterocycles. The molecular formula is C21H19N5O5S2. The Balaban J connectivity index is 1.26. The van der Waals surface area contributed by atoms with Gasteiger partial charge in [0.1, 0.15) is 4.70 Å². The monoisotopic (exact) mass is 485 g/mol. The van der Waals surface area contributed by atoms with Gasteiger partial charge in [0.15, 0.2) is 16.7 Å². The van der Waals surface area contributed by atoms with Crippen molar-refractivity contribution in [3.8, 4) is 11.5 Å². The molecule has 3 aromatic heterocycles. The number of amides is 1. The highest BCUT2D eigenvalue weighted by molar-refractivity contribution is 7.99. The fourth-order valence-corrected chi connectivity index (χ4v) is 5.62. The van der Waals surface area contributed by atoms with Gasteiger partial charge in [-0.2, -0.15) is 0 Å². The molecule has 4 aromatic rings. The fourth-order valence-electron chi connectivity index (χ4n) is 4.05. The third kappa shape index (κ3) is 3.73. The van der Waals surface area contributed by atoms with Gasteiger partial charge in [0.05, 0.1) is 23.9 Å². The number of thioether (sulfide) groups is 1. The number of rotatable bonds is 6. The first-order chi connectivity index (χ1) is 16.2. The number of nitrogens with one attached hydrogen (secondary N) is 1. The number of carbonyl (C=O) groups excluding carboxylic acids is 1. The number of thiophene rings is 1. The van der Waals surface area contributed by atoms with Gasteiger partial charge >= 0.3 is 0 Å². The molecule has 0 radical (unpaired) electrons. The van der Waals surface area contributed by atoms with Gasteiger partial charge in [-0.1, -0.05) is 11.8 Å². The van der Waals surface area contributed by atoms with E-state index < -0.39 is 0 Å². The average molecular weight is 486 g/mol. The van der Waals surface area contributed by atoms with Crippen molar-refractivity contribution in [1.82, 2.24) is 19.2 Å². The molecule has 2 aliphatic heterocycles. The Morgan fingerprint density at radius 1 is 1.24 bits per heavy atom. The Hall–Kier alpha value is -3.09. The van der Waals surface area contributed by atoms with Crippen LogP contribution >= 0.6 is 23.1 Å². The molecule has 1 saturated heterocycles. The molecule has 10 nitrogen and oxygen atoms in total. The predicted molar refractivity (Wildman–Crippen MR) is 124 cm³/mol. The SMILES string of the molecule is O=C(CSc1nnc2n(CC3CCCO3)c(=O)c3sccc3n12)Nc1ccc2c(c1)OCO2. The van der Waals surface area contributed by atoms with Crippen LogP contribution in [0.15, 0.2) is 39.6 Å². The van der Waals surface area contributed by atoms with Crippen molar-refractivity contribution >= 4 is 50.7 Å². The Bertz CT molecular complexity index is 1420. The molecule has 1 atom stereocenters. The van der Waals surface area contributed by atoms with Crippen LogP contribution in [0.25, 0.3) is 16.0 Å². The topological polar surface area (TPSA) is 109 Å². The lowest BCUT2D eigenvalue weighted by Crippen LogP contribution is -2.28. The van der Waals surface area contributed by atoms with Gasteiger partial charge in [-0.3, -0.25) is 18.6 Å². The number of hydrogen-bond acceptors (Lipinski definition) is 9. The Morgan fingerprint density at radius 2 is 2.15 bits per heavy atom. The largest absolute Gasteiger partial charge is 0.454 e. The fraction of sp³-hybridized carbons (Fsp3) is 0.333. The van der Waals surface area contributed by atoms with Gasteiger partial charge in [0.25, 0.3) is 5.56 Å². The zero-order chi connectivity index (χ0) is 22.4. The quantitative estimate of drug-likeness (QED) is 0.415. The molecule has 6 rings (SSSR count). The molecule has 1 aromatic carbocycles. The molecule has 33 heavy (non-hydrogen) atoms. The summed E-state index contributed by atoms with van der Waals surface area (Å²) in [7, 11) is 0. The number of fused-ring (bicyclic) bond motifs is 4. The molecule has 2 aliphatic rings. The van der Waals surface area contributed by atoms with Crippen LogP contribution in [-0.2, 0) is 16.1 Å². The zero-order valence-electron chi connectivity index (χ0n) is 17.4. The second-order valence-corrected chi connectivity index (χ2v) is 9.57. The maximum atomic E-state index is 13.1. The first kappa shape index (κ1) is 20.5. The molecular weight excluding hydrogens is 466 g/mol. The van der Waals surface area contributed by atoms with E-state index in [-0.39, 0.29) is 30.1 Å². The maximum absolute atomic E-state index is 13.1. The number of carbonyl (C=O) groups is 1. The van der Waals surface area contributed by atoms with Gasteiger partial charge in [-0.15, -0.1) is 21.5 Å². The summed E-state index contributed by atoms with van der Waals surface area (Å²) in [6.07, 6.45) is 1.89. The van der Waals surface area contributed by atoms with E-state index in [0.29, 0.717) is 46.0 Å². The first-order valence-corrected chi connectivity index (χ1v) is 12.3. The summed E-state index contributed by atoms with van der Waals surface area (Å²) in [5.41, 5.74) is 1.28. The van der Waals surface area contributed by atoms with Crippen LogP contribution < -0.4 is 20.3 Å². The highest BCUT2D eigenvalue weighted by Gasteiger charge is 2.23.